The van der Waals surface area contributed by atoms with Crippen LogP contribution in [0.1, 0.15) is 115 Å². The molecule has 5 atom stereocenters. The van der Waals surface area contributed by atoms with Crippen molar-refractivity contribution in [2.24, 2.45) is 11.8 Å². The second-order valence-corrected chi connectivity index (χ2v) is 23.2. The van der Waals surface area contributed by atoms with Crippen LogP contribution in [-0.4, -0.2) is 49.3 Å². The molecule has 0 radical (unpaired) electrons. The molecule has 1 fully saturated rings. The van der Waals surface area contributed by atoms with Gasteiger partial charge in [-0.1, -0.05) is 120 Å². The topological polar surface area (TPSA) is 106 Å². The molecule has 1 saturated carbocycles. The van der Waals surface area contributed by atoms with E-state index in [1.165, 1.54) is 19.3 Å². The van der Waals surface area contributed by atoms with Gasteiger partial charge in [-0.25, -0.2) is 4.79 Å². The Balaban J connectivity index is 1.47. The normalized spacial score (nSPS) is 19.5. The Bertz CT molecular complexity index is 1680. The number of nitrogens with one attached hydrogen (secondary N) is 2. The number of benzene rings is 3. The van der Waals surface area contributed by atoms with E-state index >= 15 is 0 Å². The van der Waals surface area contributed by atoms with Crippen LogP contribution in [0.5, 0.6) is 5.75 Å². The SMILES string of the molecule is CC(C)(C)OC(=O)NC(CC1CCCCC1)C(CC(Cc1ccc(OCc2ccccc2)cc1)C(=O)N[C@H]1c2ccccc2C[C@@H]1O)O[Si](C)(C)C(C)(C)C. The second-order valence-electron chi connectivity index (χ2n) is 18.4. The van der Waals surface area contributed by atoms with Gasteiger partial charge in [0, 0.05) is 12.3 Å². The summed E-state index contributed by atoms with van der Waals surface area (Å²) in [7, 11) is -2.41. The third-order valence-corrected chi connectivity index (χ3v) is 16.3. The van der Waals surface area contributed by atoms with Crippen LogP contribution in [-0.2, 0) is 33.4 Å². The molecular formula is C46H66N2O6Si. The molecule has 8 nitrogen and oxygen atoms in total. The first kappa shape index (κ1) is 42.5. The minimum atomic E-state index is -2.41. The third kappa shape index (κ3) is 12.4. The molecule has 3 aromatic carbocycles. The summed E-state index contributed by atoms with van der Waals surface area (Å²) in [6.45, 7) is 17.2. The Morgan fingerprint density at radius 1 is 0.855 bits per heavy atom. The quantitative estimate of drug-likeness (QED) is 0.133. The van der Waals surface area contributed by atoms with E-state index in [1.54, 1.807) is 0 Å². The number of aliphatic hydroxyl groups is 1. The third-order valence-electron chi connectivity index (χ3n) is 11.8. The molecular weight excluding hydrogens is 705 g/mol. The van der Waals surface area contributed by atoms with Gasteiger partial charge in [0.05, 0.1) is 24.3 Å². The second kappa shape index (κ2) is 18.5. The Hall–Kier alpha value is -3.66. The lowest BCUT2D eigenvalue weighted by Gasteiger charge is -2.43. The van der Waals surface area contributed by atoms with Crippen LogP contribution in [0.25, 0.3) is 0 Å². The highest BCUT2D eigenvalue weighted by molar-refractivity contribution is 6.74. The van der Waals surface area contributed by atoms with E-state index in [9.17, 15) is 14.7 Å². The Labute approximate surface area is 331 Å². The summed E-state index contributed by atoms with van der Waals surface area (Å²) in [6.07, 6.45) is 6.30. The van der Waals surface area contributed by atoms with Crippen LogP contribution in [0.15, 0.2) is 78.9 Å². The average molecular weight is 771 g/mol. The summed E-state index contributed by atoms with van der Waals surface area (Å²) in [6, 6.07) is 25.1. The molecule has 9 heteroatoms. The molecule has 300 valence electrons. The van der Waals surface area contributed by atoms with Crippen molar-refractivity contribution in [3.63, 3.8) is 0 Å². The lowest BCUT2D eigenvalue weighted by Crippen LogP contribution is -2.54. The fourth-order valence-electron chi connectivity index (χ4n) is 7.72. The maximum atomic E-state index is 14.7. The number of carbonyl (C=O) groups is 2. The first-order valence-corrected chi connectivity index (χ1v) is 23.4. The molecule has 0 heterocycles. The van der Waals surface area contributed by atoms with Crippen molar-refractivity contribution < 1.29 is 28.6 Å². The standard InChI is InChI=1S/C46H66N2O6Si/c1-45(2,3)53-44(51)47-39(28-32-17-11-9-12-18-32)41(54-55(7,8)46(4,5)6)30-36(43(50)48-42-38-22-16-15-21-35(38)29-40(42)49)27-33-23-25-37(26-24-33)52-31-34-19-13-10-14-20-34/h10,13-16,19-26,32,36,39-42,49H,9,11-12,17-18,27-31H2,1-8H3,(H,47,51)(H,48,50)/t36?,39?,40-,41?,42-/m0/s1. The zero-order valence-electron chi connectivity index (χ0n) is 34.5. The molecule has 5 rings (SSSR count). The van der Waals surface area contributed by atoms with Gasteiger partial charge in [-0.2, -0.15) is 0 Å². The summed E-state index contributed by atoms with van der Waals surface area (Å²) >= 11 is 0. The predicted molar refractivity (Wildman–Crippen MR) is 222 cm³/mol. The first-order chi connectivity index (χ1) is 26.0. The molecule has 0 aromatic heterocycles. The number of fused-ring (bicyclic) bond motifs is 1. The van der Waals surface area contributed by atoms with Crippen molar-refractivity contribution in [1.29, 1.82) is 0 Å². The lowest BCUT2D eigenvalue weighted by molar-refractivity contribution is -0.127. The van der Waals surface area contributed by atoms with Gasteiger partial charge < -0.3 is 29.6 Å². The summed E-state index contributed by atoms with van der Waals surface area (Å²) in [5.41, 5.74) is 3.44. The molecule has 2 aliphatic rings. The van der Waals surface area contributed by atoms with Gasteiger partial charge in [-0.05, 0) is 98.5 Å². The molecule has 0 bridgehead atoms. The summed E-state index contributed by atoms with van der Waals surface area (Å²) in [4.78, 5) is 28.3. The Morgan fingerprint density at radius 2 is 1.51 bits per heavy atom. The summed E-state index contributed by atoms with van der Waals surface area (Å²) in [5.74, 6) is 0.551. The average Bonchev–Trinajstić information content (AvgIpc) is 3.44. The Morgan fingerprint density at radius 3 is 2.16 bits per heavy atom. The number of alkyl carbamates (subject to hydrolysis) is 1. The van der Waals surface area contributed by atoms with Crippen LogP contribution >= 0.6 is 0 Å². The van der Waals surface area contributed by atoms with E-state index in [2.05, 4.69) is 44.5 Å². The molecule has 0 spiro atoms. The Kier molecular flexibility index (Phi) is 14.3. The highest BCUT2D eigenvalue weighted by Crippen LogP contribution is 2.40. The predicted octanol–water partition coefficient (Wildman–Crippen LogP) is 9.84. The molecule has 3 unspecified atom stereocenters. The summed E-state index contributed by atoms with van der Waals surface area (Å²) < 4.78 is 19.2. The molecule has 0 saturated heterocycles. The maximum absolute atomic E-state index is 14.7. The number of ether oxygens (including phenoxy) is 2. The zero-order chi connectivity index (χ0) is 39.8. The van der Waals surface area contributed by atoms with Crippen LogP contribution in [0.2, 0.25) is 18.1 Å². The number of carbonyl (C=O) groups excluding carboxylic acids is 2. The monoisotopic (exact) mass is 770 g/mol. The smallest absolute Gasteiger partial charge is 0.407 e. The van der Waals surface area contributed by atoms with Crippen molar-refractivity contribution in [3.05, 3.63) is 101 Å². The molecule has 0 aliphatic heterocycles. The van der Waals surface area contributed by atoms with Gasteiger partial charge in [0.15, 0.2) is 8.32 Å². The van der Waals surface area contributed by atoms with E-state index in [0.717, 1.165) is 47.3 Å². The highest BCUT2D eigenvalue weighted by Gasteiger charge is 2.43. The van der Waals surface area contributed by atoms with Gasteiger partial charge in [0.1, 0.15) is 18.0 Å². The zero-order valence-corrected chi connectivity index (χ0v) is 35.5. The van der Waals surface area contributed by atoms with E-state index in [-0.39, 0.29) is 17.0 Å². The van der Waals surface area contributed by atoms with Crippen molar-refractivity contribution in [2.45, 2.75) is 154 Å². The highest BCUT2D eigenvalue weighted by atomic mass is 28.4. The number of hydrogen-bond donors (Lipinski definition) is 3. The van der Waals surface area contributed by atoms with Gasteiger partial charge in [0.25, 0.3) is 0 Å². The van der Waals surface area contributed by atoms with Crippen LogP contribution in [0.4, 0.5) is 4.79 Å². The van der Waals surface area contributed by atoms with Crippen molar-refractivity contribution >= 4 is 20.3 Å². The van der Waals surface area contributed by atoms with Crippen LogP contribution in [0.3, 0.4) is 0 Å². The van der Waals surface area contributed by atoms with Crippen molar-refractivity contribution in [1.82, 2.24) is 10.6 Å². The van der Waals surface area contributed by atoms with Crippen LogP contribution < -0.4 is 15.4 Å². The lowest BCUT2D eigenvalue weighted by atomic mass is 9.82. The molecule has 3 aromatic rings. The van der Waals surface area contributed by atoms with Gasteiger partial charge in [0.2, 0.25) is 5.91 Å². The number of rotatable bonds is 15. The number of amides is 2. The van der Waals surface area contributed by atoms with E-state index < -0.39 is 44.2 Å². The van der Waals surface area contributed by atoms with Gasteiger partial charge in [-0.3, -0.25) is 4.79 Å². The number of hydrogen-bond acceptors (Lipinski definition) is 6. The van der Waals surface area contributed by atoms with E-state index in [4.69, 9.17) is 13.9 Å². The van der Waals surface area contributed by atoms with Gasteiger partial charge >= 0.3 is 6.09 Å². The molecule has 55 heavy (non-hydrogen) atoms. The van der Waals surface area contributed by atoms with Gasteiger partial charge in [-0.15, -0.1) is 0 Å². The fourth-order valence-corrected chi connectivity index (χ4v) is 9.09. The van der Waals surface area contributed by atoms with E-state index in [1.807, 2.05) is 99.6 Å². The first-order valence-electron chi connectivity index (χ1n) is 20.5. The maximum Gasteiger partial charge on any atom is 0.407 e. The van der Waals surface area contributed by atoms with Crippen molar-refractivity contribution in [2.75, 3.05) is 0 Å². The minimum Gasteiger partial charge on any atom is -0.489 e. The molecule has 2 amide bonds. The number of aliphatic hydroxyl groups excluding tert-OH is 1. The summed E-state index contributed by atoms with van der Waals surface area (Å²) in [5, 5.41) is 17.6. The van der Waals surface area contributed by atoms with E-state index in [0.29, 0.717) is 31.8 Å². The van der Waals surface area contributed by atoms with Crippen LogP contribution in [0, 0.1) is 11.8 Å². The minimum absolute atomic E-state index is 0.0996. The largest absolute Gasteiger partial charge is 0.489 e. The molecule has 3 N–H and O–H groups in total. The molecule has 2 aliphatic carbocycles. The fraction of sp³-hybridized carbons (Fsp3) is 0.565. The van der Waals surface area contributed by atoms with Crippen molar-refractivity contribution in [3.8, 4) is 5.75 Å².